The lowest BCUT2D eigenvalue weighted by Crippen LogP contribution is -2.26. The van der Waals surface area contributed by atoms with Crippen molar-refractivity contribution in [3.05, 3.63) is 34.3 Å². The zero-order valence-corrected chi connectivity index (χ0v) is 11.9. The van der Waals surface area contributed by atoms with Gasteiger partial charge in [0.15, 0.2) is 0 Å². The number of ether oxygens (including phenoxy) is 1. The first-order valence-corrected chi connectivity index (χ1v) is 6.40. The van der Waals surface area contributed by atoms with Gasteiger partial charge in [0.05, 0.1) is 0 Å². The zero-order valence-electron chi connectivity index (χ0n) is 10.3. The van der Waals surface area contributed by atoms with Gasteiger partial charge >= 0.3 is 0 Å². The summed E-state index contributed by atoms with van der Waals surface area (Å²) in [7, 11) is 3.48. The number of hydrogen-bond acceptors (Lipinski definition) is 2. The highest BCUT2D eigenvalue weighted by molar-refractivity contribution is 9.10. The quantitative estimate of drug-likeness (QED) is 0.756. The van der Waals surface area contributed by atoms with Crippen molar-refractivity contribution in [3.63, 3.8) is 0 Å². The van der Waals surface area contributed by atoms with Gasteiger partial charge in [0.1, 0.15) is 0 Å². The Balaban J connectivity index is 2.43. The summed E-state index contributed by atoms with van der Waals surface area (Å²) >= 11 is 3.42. The van der Waals surface area contributed by atoms with Crippen LogP contribution in [-0.4, -0.2) is 31.6 Å². The first-order chi connectivity index (χ1) is 8.13. The third kappa shape index (κ3) is 5.33. The van der Waals surface area contributed by atoms with E-state index < -0.39 is 0 Å². The van der Waals surface area contributed by atoms with Gasteiger partial charge in [-0.3, -0.25) is 4.79 Å². The molecule has 0 aliphatic heterocycles. The fourth-order valence-corrected chi connectivity index (χ4v) is 2.00. The molecule has 0 saturated heterocycles. The first kappa shape index (κ1) is 14.2. The third-order valence-corrected chi connectivity index (χ3v) is 2.97. The van der Waals surface area contributed by atoms with Gasteiger partial charge in [-0.1, -0.05) is 28.1 Å². The van der Waals surface area contributed by atoms with E-state index in [1.165, 1.54) is 0 Å². The first-order valence-electron chi connectivity index (χ1n) is 5.61. The smallest absolute Gasteiger partial charge is 0.222 e. The Labute approximate surface area is 111 Å². The predicted octanol–water partition coefficient (Wildman–Crippen LogP) is 2.83. The lowest BCUT2D eigenvalue weighted by atomic mass is 10.2. The molecular weight excluding hydrogens is 282 g/mol. The van der Waals surface area contributed by atoms with E-state index in [0.717, 1.165) is 16.5 Å². The molecule has 0 aliphatic rings. The largest absolute Gasteiger partial charge is 0.385 e. The summed E-state index contributed by atoms with van der Waals surface area (Å²) in [5, 5.41) is 0. The van der Waals surface area contributed by atoms with Crippen molar-refractivity contribution in [2.45, 2.75) is 19.4 Å². The molecule has 0 aliphatic carbocycles. The van der Waals surface area contributed by atoms with Gasteiger partial charge in [0, 0.05) is 38.2 Å². The van der Waals surface area contributed by atoms with Gasteiger partial charge in [0.2, 0.25) is 5.91 Å². The van der Waals surface area contributed by atoms with E-state index in [9.17, 15) is 4.79 Å². The van der Waals surface area contributed by atoms with E-state index in [0.29, 0.717) is 19.6 Å². The number of carbonyl (C=O) groups excluding carboxylic acids is 1. The lowest BCUT2D eigenvalue weighted by Gasteiger charge is -2.17. The number of rotatable bonds is 6. The molecule has 1 amide bonds. The number of hydrogen-bond donors (Lipinski definition) is 0. The van der Waals surface area contributed by atoms with E-state index in [1.54, 1.807) is 12.0 Å². The van der Waals surface area contributed by atoms with Crippen LogP contribution in [0.25, 0.3) is 0 Å². The van der Waals surface area contributed by atoms with Crippen LogP contribution >= 0.6 is 15.9 Å². The van der Waals surface area contributed by atoms with E-state index in [1.807, 2.05) is 31.3 Å². The van der Waals surface area contributed by atoms with E-state index in [4.69, 9.17) is 4.74 Å². The summed E-state index contributed by atoms with van der Waals surface area (Å²) in [5.74, 6) is 0.155. The van der Waals surface area contributed by atoms with Crippen LogP contribution in [0.15, 0.2) is 28.7 Å². The highest BCUT2D eigenvalue weighted by Crippen LogP contribution is 2.13. The Morgan fingerprint density at radius 3 is 2.88 bits per heavy atom. The second kappa shape index (κ2) is 7.45. The maximum absolute atomic E-state index is 11.8. The maximum atomic E-state index is 11.8. The number of nitrogens with zero attached hydrogens (tertiary/aromatic N) is 1. The predicted molar refractivity (Wildman–Crippen MR) is 71.7 cm³/mol. The number of benzene rings is 1. The van der Waals surface area contributed by atoms with Crippen molar-refractivity contribution in [1.29, 1.82) is 0 Å². The number of amides is 1. The van der Waals surface area contributed by atoms with Crippen molar-refractivity contribution in [2.75, 3.05) is 20.8 Å². The number of carbonyl (C=O) groups is 1. The van der Waals surface area contributed by atoms with Crippen LogP contribution < -0.4 is 0 Å². The monoisotopic (exact) mass is 299 g/mol. The Bertz CT molecular complexity index is 368. The van der Waals surface area contributed by atoms with Gasteiger partial charge in [-0.2, -0.15) is 0 Å². The summed E-state index contributed by atoms with van der Waals surface area (Å²) in [6, 6.07) is 8.00. The maximum Gasteiger partial charge on any atom is 0.222 e. The number of methoxy groups -OCH3 is 1. The van der Waals surface area contributed by atoms with Crippen LogP contribution in [0.1, 0.15) is 18.4 Å². The normalized spacial score (nSPS) is 10.3. The molecule has 0 unspecified atom stereocenters. The van der Waals surface area contributed by atoms with E-state index in [-0.39, 0.29) is 5.91 Å². The van der Waals surface area contributed by atoms with Gasteiger partial charge in [0.25, 0.3) is 0 Å². The summed E-state index contributed by atoms with van der Waals surface area (Å²) in [4.78, 5) is 13.5. The molecule has 4 heteroatoms. The summed E-state index contributed by atoms with van der Waals surface area (Å²) in [5.41, 5.74) is 1.13. The molecule has 0 spiro atoms. The highest BCUT2D eigenvalue weighted by Gasteiger charge is 2.08. The molecule has 0 heterocycles. The molecule has 0 bridgehead atoms. The van der Waals surface area contributed by atoms with Crippen molar-refractivity contribution in [1.82, 2.24) is 4.90 Å². The molecule has 1 rings (SSSR count). The molecule has 0 aromatic heterocycles. The Hall–Kier alpha value is -0.870. The van der Waals surface area contributed by atoms with Crippen LogP contribution in [0, 0.1) is 0 Å². The van der Waals surface area contributed by atoms with Crippen LogP contribution in [0.2, 0.25) is 0 Å². The molecule has 1 aromatic carbocycles. The minimum Gasteiger partial charge on any atom is -0.385 e. The average Bonchev–Trinajstić information content (AvgIpc) is 2.29. The minimum absolute atomic E-state index is 0.155. The summed E-state index contributed by atoms with van der Waals surface area (Å²) in [6.45, 7) is 1.28. The number of halogens is 1. The van der Waals surface area contributed by atoms with E-state index >= 15 is 0 Å². The van der Waals surface area contributed by atoms with Crippen molar-refractivity contribution >= 4 is 21.8 Å². The molecule has 3 nitrogen and oxygen atoms in total. The van der Waals surface area contributed by atoms with Crippen LogP contribution in [0.4, 0.5) is 0 Å². The highest BCUT2D eigenvalue weighted by atomic mass is 79.9. The second-order valence-corrected chi connectivity index (χ2v) is 4.89. The lowest BCUT2D eigenvalue weighted by molar-refractivity contribution is -0.130. The molecule has 0 radical (unpaired) electrons. The minimum atomic E-state index is 0.155. The molecule has 0 N–H and O–H groups in total. The molecular formula is C13H18BrNO2. The van der Waals surface area contributed by atoms with Gasteiger partial charge in [-0.25, -0.2) is 0 Å². The molecule has 94 valence electrons. The summed E-state index contributed by atoms with van der Waals surface area (Å²) in [6.07, 6.45) is 1.32. The SMILES string of the molecule is COCCCC(=O)N(C)Cc1cccc(Br)c1. The second-order valence-electron chi connectivity index (χ2n) is 3.98. The average molecular weight is 300 g/mol. The van der Waals surface area contributed by atoms with Crippen LogP contribution in [0.5, 0.6) is 0 Å². The molecule has 17 heavy (non-hydrogen) atoms. The Morgan fingerprint density at radius 1 is 1.47 bits per heavy atom. The van der Waals surface area contributed by atoms with Gasteiger partial charge in [-0.05, 0) is 24.1 Å². The Morgan fingerprint density at radius 2 is 2.24 bits per heavy atom. The Kier molecular flexibility index (Phi) is 6.22. The van der Waals surface area contributed by atoms with Crippen molar-refractivity contribution in [3.8, 4) is 0 Å². The van der Waals surface area contributed by atoms with Crippen molar-refractivity contribution in [2.24, 2.45) is 0 Å². The molecule has 0 fully saturated rings. The third-order valence-electron chi connectivity index (χ3n) is 2.47. The van der Waals surface area contributed by atoms with Crippen molar-refractivity contribution < 1.29 is 9.53 Å². The molecule has 0 atom stereocenters. The topological polar surface area (TPSA) is 29.5 Å². The summed E-state index contributed by atoms with van der Waals surface area (Å²) < 4.78 is 5.97. The standard InChI is InChI=1S/C13H18BrNO2/c1-15(13(16)7-4-8-17-2)10-11-5-3-6-12(14)9-11/h3,5-6,9H,4,7-8,10H2,1-2H3. The zero-order chi connectivity index (χ0) is 12.7. The van der Waals surface area contributed by atoms with E-state index in [2.05, 4.69) is 15.9 Å². The fourth-order valence-electron chi connectivity index (χ4n) is 1.56. The molecule has 0 saturated carbocycles. The van der Waals surface area contributed by atoms with Gasteiger partial charge < -0.3 is 9.64 Å². The molecule has 1 aromatic rings. The van der Waals surface area contributed by atoms with Crippen LogP contribution in [-0.2, 0) is 16.1 Å². The van der Waals surface area contributed by atoms with Gasteiger partial charge in [-0.15, -0.1) is 0 Å². The van der Waals surface area contributed by atoms with Crippen LogP contribution in [0.3, 0.4) is 0 Å². The fraction of sp³-hybridized carbons (Fsp3) is 0.462.